The van der Waals surface area contributed by atoms with Gasteiger partial charge in [-0.3, -0.25) is 4.79 Å². The van der Waals surface area contributed by atoms with Gasteiger partial charge in [-0.1, -0.05) is 32.9 Å². The maximum absolute atomic E-state index is 12.5. The Morgan fingerprint density at radius 2 is 1.85 bits per heavy atom. The molecule has 4 nitrogen and oxygen atoms in total. The Balaban J connectivity index is 0.00000126. The summed E-state index contributed by atoms with van der Waals surface area (Å²) >= 11 is 1.67. The number of thiazole rings is 1. The fourth-order valence-electron chi connectivity index (χ4n) is 2.55. The Morgan fingerprint density at radius 3 is 2.41 bits per heavy atom. The fraction of sp³-hybridized carbons (Fsp3) is 0.273. The van der Waals surface area contributed by atoms with E-state index in [2.05, 4.69) is 22.6 Å². The maximum atomic E-state index is 12.5. The van der Waals surface area contributed by atoms with Gasteiger partial charge in [0.05, 0.1) is 17.8 Å². The van der Waals surface area contributed by atoms with Crippen LogP contribution in [0.1, 0.15) is 41.7 Å². The number of hydrogen-bond donors (Lipinski definition) is 1. The first-order chi connectivity index (χ1) is 13.1. The van der Waals surface area contributed by atoms with Crippen LogP contribution < -0.4 is 10.1 Å². The van der Waals surface area contributed by atoms with Gasteiger partial charge < -0.3 is 10.1 Å². The summed E-state index contributed by atoms with van der Waals surface area (Å²) in [7, 11) is 1.61. The van der Waals surface area contributed by atoms with Gasteiger partial charge in [0.15, 0.2) is 0 Å². The zero-order valence-corrected chi connectivity index (χ0v) is 17.3. The summed E-state index contributed by atoms with van der Waals surface area (Å²) in [6, 6.07) is 13.2. The van der Waals surface area contributed by atoms with Gasteiger partial charge in [-0.05, 0) is 49.2 Å². The number of ether oxygens (including phenoxy) is 1. The van der Waals surface area contributed by atoms with Gasteiger partial charge >= 0.3 is 0 Å². The predicted octanol–water partition coefficient (Wildman–Crippen LogP) is 5.97. The molecular weight excluding hydrogens is 356 g/mol. The second kappa shape index (κ2) is 9.88. The highest BCUT2D eigenvalue weighted by molar-refractivity contribution is 7.09. The number of methoxy groups -OCH3 is 1. The minimum Gasteiger partial charge on any atom is -0.497 e. The van der Waals surface area contributed by atoms with Crippen LogP contribution in [-0.4, -0.2) is 18.0 Å². The summed E-state index contributed by atoms with van der Waals surface area (Å²) in [6.45, 7) is 8.00. The molecule has 0 atom stereocenters. The van der Waals surface area contributed by atoms with Crippen LogP contribution in [0, 0.1) is 6.92 Å². The number of rotatable bonds is 5. The smallest absolute Gasteiger partial charge is 0.255 e. The van der Waals surface area contributed by atoms with E-state index in [1.807, 2.05) is 51.1 Å². The molecule has 0 aliphatic rings. The quantitative estimate of drug-likeness (QED) is 0.591. The molecule has 0 aliphatic heterocycles. The number of benzene rings is 2. The minimum absolute atomic E-state index is 0.130. The van der Waals surface area contributed by atoms with Crippen LogP contribution in [0.25, 0.3) is 11.3 Å². The molecule has 0 saturated carbocycles. The second-order valence-corrected chi connectivity index (χ2v) is 6.64. The lowest BCUT2D eigenvalue weighted by molar-refractivity contribution is 0.102. The third-order valence-electron chi connectivity index (χ3n) is 3.97. The number of hydrogen-bond acceptors (Lipinski definition) is 4. The Morgan fingerprint density at radius 1 is 1.15 bits per heavy atom. The van der Waals surface area contributed by atoms with Gasteiger partial charge in [0.1, 0.15) is 5.75 Å². The number of nitrogens with zero attached hydrogens (tertiary/aromatic N) is 1. The van der Waals surface area contributed by atoms with Gasteiger partial charge in [-0.2, -0.15) is 0 Å². The number of amides is 1. The van der Waals surface area contributed by atoms with Crippen molar-refractivity contribution in [1.82, 2.24) is 4.98 Å². The molecule has 0 radical (unpaired) electrons. The van der Waals surface area contributed by atoms with Crippen molar-refractivity contribution in [3.63, 3.8) is 0 Å². The van der Waals surface area contributed by atoms with Crippen LogP contribution in [0.3, 0.4) is 0 Å². The lowest BCUT2D eigenvalue weighted by atomic mass is 10.1. The highest BCUT2D eigenvalue weighted by atomic mass is 32.1. The molecule has 1 N–H and O–H groups in total. The molecule has 1 amide bonds. The van der Waals surface area contributed by atoms with E-state index >= 15 is 0 Å². The molecule has 0 unspecified atom stereocenters. The summed E-state index contributed by atoms with van der Waals surface area (Å²) in [6.07, 6.45) is 0.944. The van der Waals surface area contributed by atoms with E-state index in [0.717, 1.165) is 39.7 Å². The van der Waals surface area contributed by atoms with Crippen LogP contribution in [-0.2, 0) is 6.42 Å². The van der Waals surface area contributed by atoms with E-state index in [9.17, 15) is 4.79 Å². The third kappa shape index (κ3) is 5.17. The third-order valence-corrected chi connectivity index (χ3v) is 4.96. The summed E-state index contributed by atoms with van der Waals surface area (Å²) < 4.78 is 5.18. The maximum Gasteiger partial charge on any atom is 0.255 e. The first kappa shape index (κ1) is 20.6. The highest BCUT2D eigenvalue weighted by Gasteiger charge is 2.10. The van der Waals surface area contributed by atoms with Gasteiger partial charge in [0, 0.05) is 22.2 Å². The molecule has 0 aliphatic carbocycles. The molecule has 27 heavy (non-hydrogen) atoms. The topological polar surface area (TPSA) is 51.2 Å². The van der Waals surface area contributed by atoms with E-state index in [-0.39, 0.29) is 5.91 Å². The largest absolute Gasteiger partial charge is 0.497 e. The monoisotopic (exact) mass is 382 g/mol. The van der Waals surface area contributed by atoms with E-state index in [4.69, 9.17) is 4.74 Å². The standard InChI is InChI=1S/C20H20N2O2S.C2H6/c1-4-19-22-18(12-25-19)14-5-7-15(8-6-14)21-20(23)17-10-9-16(24-3)11-13(17)2;1-2/h5-12H,4H2,1-3H3,(H,21,23);1-2H3. The van der Waals surface area contributed by atoms with Crippen LogP contribution >= 0.6 is 11.3 Å². The lowest BCUT2D eigenvalue weighted by Crippen LogP contribution is -2.13. The van der Waals surface area contributed by atoms with Crippen molar-refractivity contribution < 1.29 is 9.53 Å². The van der Waals surface area contributed by atoms with Gasteiger partial charge in [-0.25, -0.2) is 4.98 Å². The fourth-order valence-corrected chi connectivity index (χ4v) is 3.30. The van der Waals surface area contributed by atoms with Crippen LogP contribution in [0.2, 0.25) is 0 Å². The molecule has 1 heterocycles. The minimum atomic E-state index is -0.130. The van der Waals surface area contributed by atoms with Crippen molar-refractivity contribution in [2.24, 2.45) is 0 Å². The number of anilines is 1. The molecular formula is C22H26N2O2S. The van der Waals surface area contributed by atoms with E-state index in [0.29, 0.717) is 5.56 Å². The SMILES string of the molecule is CC.CCc1nc(-c2ccc(NC(=O)c3ccc(OC)cc3C)cc2)cs1. The Labute approximate surface area is 165 Å². The molecule has 0 bridgehead atoms. The first-order valence-electron chi connectivity index (χ1n) is 9.11. The number of aryl methyl sites for hydroxylation is 2. The number of carbonyl (C=O) groups excluding carboxylic acids is 1. The van der Waals surface area contributed by atoms with Gasteiger partial charge in [0.2, 0.25) is 0 Å². The van der Waals surface area contributed by atoms with Crippen molar-refractivity contribution in [3.05, 3.63) is 64.0 Å². The summed E-state index contributed by atoms with van der Waals surface area (Å²) in [5.74, 6) is 0.614. The van der Waals surface area contributed by atoms with Gasteiger partial charge in [-0.15, -0.1) is 11.3 Å². The number of aromatic nitrogens is 1. The Bertz CT molecular complexity index is 886. The number of carbonyl (C=O) groups is 1. The van der Waals surface area contributed by atoms with Crippen molar-refractivity contribution in [2.75, 3.05) is 12.4 Å². The van der Waals surface area contributed by atoms with Crippen LogP contribution in [0.15, 0.2) is 47.8 Å². The molecule has 5 heteroatoms. The van der Waals surface area contributed by atoms with E-state index in [1.165, 1.54) is 0 Å². The van der Waals surface area contributed by atoms with Crippen molar-refractivity contribution in [3.8, 4) is 17.0 Å². The molecule has 2 aromatic carbocycles. The van der Waals surface area contributed by atoms with Crippen molar-refractivity contribution in [1.29, 1.82) is 0 Å². The Hall–Kier alpha value is -2.66. The molecule has 142 valence electrons. The molecule has 0 spiro atoms. The Kier molecular flexibility index (Phi) is 7.55. The summed E-state index contributed by atoms with van der Waals surface area (Å²) in [4.78, 5) is 17.1. The zero-order chi connectivity index (χ0) is 19.8. The van der Waals surface area contributed by atoms with Crippen molar-refractivity contribution >= 4 is 22.9 Å². The second-order valence-electron chi connectivity index (χ2n) is 5.69. The first-order valence-corrected chi connectivity index (χ1v) is 9.99. The molecule has 3 aromatic rings. The van der Waals surface area contributed by atoms with E-state index in [1.54, 1.807) is 30.6 Å². The van der Waals surface area contributed by atoms with Crippen molar-refractivity contribution in [2.45, 2.75) is 34.1 Å². The molecule has 1 aromatic heterocycles. The van der Waals surface area contributed by atoms with Crippen LogP contribution in [0.4, 0.5) is 5.69 Å². The molecule has 0 fully saturated rings. The number of nitrogens with one attached hydrogen (secondary N) is 1. The highest BCUT2D eigenvalue weighted by Crippen LogP contribution is 2.24. The van der Waals surface area contributed by atoms with Crippen LogP contribution in [0.5, 0.6) is 5.75 Å². The summed E-state index contributed by atoms with van der Waals surface area (Å²) in [5.41, 5.74) is 4.30. The van der Waals surface area contributed by atoms with E-state index < -0.39 is 0 Å². The average Bonchev–Trinajstić information content (AvgIpc) is 3.19. The molecule has 0 saturated heterocycles. The zero-order valence-electron chi connectivity index (χ0n) is 16.5. The summed E-state index contributed by atoms with van der Waals surface area (Å²) in [5, 5.41) is 6.12. The average molecular weight is 383 g/mol. The normalized spacial score (nSPS) is 9.96. The lowest BCUT2D eigenvalue weighted by Gasteiger charge is -2.09. The predicted molar refractivity (Wildman–Crippen MR) is 114 cm³/mol. The van der Waals surface area contributed by atoms with Gasteiger partial charge in [0.25, 0.3) is 5.91 Å². The molecule has 3 rings (SSSR count).